The molecule has 0 radical (unpaired) electrons. The number of benzene rings is 1. The van der Waals surface area contributed by atoms with E-state index in [1.807, 2.05) is 0 Å². The zero-order valence-corrected chi connectivity index (χ0v) is 17.1. The molecule has 8 nitrogen and oxygen atoms in total. The van der Waals surface area contributed by atoms with Gasteiger partial charge in [0, 0.05) is 13.0 Å². The number of carbonyl (C=O) groups excluding carboxylic acids is 1. The number of esters is 1. The van der Waals surface area contributed by atoms with Crippen molar-refractivity contribution < 1.29 is 38.1 Å². The van der Waals surface area contributed by atoms with Crippen molar-refractivity contribution >= 4 is 5.97 Å². The quantitative estimate of drug-likeness (QED) is 0.627. The van der Waals surface area contributed by atoms with Crippen molar-refractivity contribution in [2.75, 3.05) is 20.8 Å². The second kappa shape index (κ2) is 9.75. The van der Waals surface area contributed by atoms with E-state index in [-0.39, 0.29) is 35.4 Å². The van der Waals surface area contributed by atoms with E-state index in [0.29, 0.717) is 25.2 Å². The fraction of sp³-hybridized carbons (Fsp3) is 0.500. The van der Waals surface area contributed by atoms with E-state index in [2.05, 4.69) is 0 Å². The second-order valence-electron chi connectivity index (χ2n) is 7.25. The third-order valence-corrected chi connectivity index (χ3v) is 5.27. The van der Waals surface area contributed by atoms with Gasteiger partial charge in [-0.3, -0.25) is 9.36 Å². The monoisotopic (exact) mass is 422 g/mol. The van der Waals surface area contributed by atoms with E-state index in [1.165, 1.54) is 24.7 Å². The molecule has 2 aromatic rings. The lowest BCUT2D eigenvalue weighted by Gasteiger charge is -2.33. The van der Waals surface area contributed by atoms with Gasteiger partial charge in [-0.1, -0.05) is 18.9 Å². The number of hydrogen-bond donors (Lipinski definition) is 2. The molecule has 164 valence electrons. The van der Waals surface area contributed by atoms with Crippen LogP contribution in [0, 0.1) is 0 Å². The predicted octanol–water partition coefficient (Wildman–Crippen LogP) is 3.58. The lowest BCUT2D eigenvalue weighted by Crippen LogP contribution is -2.30. The maximum atomic E-state index is 11.2. The summed E-state index contributed by atoms with van der Waals surface area (Å²) >= 11 is 0. The molecule has 3 rings (SSSR count). The molecule has 1 heterocycles. The molecule has 0 amide bonds. The van der Waals surface area contributed by atoms with Gasteiger partial charge in [0.15, 0.2) is 23.1 Å². The van der Waals surface area contributed by atoms with Crippen LogP contribution in [0.4, 0.5) is 0 Å². The van der Waals surface area contributed by atoms with Gasteiger partial charge in [-0.15, -0.1) is 0 Å². The zero-order valence-electron chi connectivity index (χ0n) is 20.1. The van der Waals surface area contributed by atoms with Crippen LogP contribution in [0.2, 0.25) is 0 Å². The number of hydrogen-bond acceptors (Lipinski definition) is 7. The molecule has 1 saturated carbocycles. The molecule has 1 aliphatic carbocycles. The molecule has 0 aliphatic heterocycles. The van der Waals surface area contributed by atoms with Crippen LogP contribution in [0.5, 0.6) is 29.0 Å². The molecule has 0 saturated heterocycles. The minimum atomic E-state index is -2.57. The van der Waals surface area contributed by atoms with Crippen LogP contribution in [-0.4, -0.2) is 47.6 Å². The summed E-state index contributed by atoms with van der Waals surface area (Å²) in [4.78, 5) is 11.2. The molecular weight excluding hydrogens is 390 g/mol. The number of methoxy groups -OCH3 is 2. The topological polar surface area (TPSA) is 99.4 Å². The Morgan fingerprint density at radius 1 is 1.17 bits per heavy atom. The molecule has 1 fully saturated rings. The predicted molar refractivity (Wildman–Crippen MR) is 110 cm³/mol. The number of rotatable bonds is 8. The Balaban J connectivity index is 1.67. The minimum Gasteiger partial charge on any atom is -0.494 e. The summed E-state index contributed by atoms with van der Waals surface area (Å²) in [6.45, 7) is 1.58. The van der Waals surface area contributed by atoms with Gasteiger partial charge in [0.05, 0.1) is 37.0 Å². The van der Waals surface area contributed by atoms with Crippen LogP contribution in [0.1, 0.15) is 48.3 Å². The standard InChI is InChI=1S/C22H29NO7/c1-14(24)30-20-13-21(25)23(22(20)26)16-6-4-5-7-17(16)29-11-10-15-8-9-18(27-2)19(12-15)28-3/h8-9,12-13,16-17,25-26H,4-7,10-11H2,1-3H3/t16-,17-/m1/s1/i2D3. The molecule has 2 atom stereocenters. The van der Waals surface area contributed by atoms with Gasteiger partial charge in [0.2, 0.25) is 5.88 Å². The Morgan fingerprint density at radius 2 is 1.97 bits per heavy atom. The molecular formula is C22H29NO7. The van der Waals surface area contributed by atoms with Crippen molar-refractivity contribution in [3.63, 3.8) is 0 Å². The maximum absolute atomic E-state index is 11.2. The highest BCUT2D eigenvalue weighted by molar-refractivity contribution is 5.70. The Labute approximate surface area is 180 Å². The van der Waals surface area contributed by atoms with Crippen molar-refractivity contribution in [1.82, 2.24) is 4.57 Å². The summed E-state index contributed by atoms with van der Waals surface area (Å²) in [6, 6.07) is 5.92. The number of aromatic nitrogens is 1. The molecule has 30 heavy (non-hydrogen) atoms. The first-order valence-electron chi connectivity index (χ1n) is 11.4. The van der Waals surface area contributed by atoms with E-state index >= 15 is 0 Å². The van der Waals surface area contributed by atoms with Crippen LogP contribution in [-0.2, 0) is 16.0 Å². The van der Waals surface area contributed by atoms with Gasteiger partial charge in [0.25, 0.3) is 0 Å². The van der Waals surface area contributed by atoms with E-state index in [0.717, 1.165) is 24.8 Å². The molecule has 0 unspecified atom stereocenters. The van der Waals surface area contributed by atoms with Crippen LogP contribution in [0.15, 0.2) is 24.3 Å². The largest absolute Gasteiger partial charge is 0.494 e. The Hall–Kier alpha value is -2.87. The number of nitrogens with zero attached hydrogens (tertiary/aromatic N) is 1. The van der Waals surface area contributed by atoms with Crippen molar-refractivity contribution in [3.8, 4) is 29.0 Å². The first-order valence-corrected chi connectivity index (χ1v) is 9.88. The fourth-order valence-electron chi connectivity index (χ4n) is 3.88. The van der Waals surface area contributed by atoms with Crippen molar-refractivity contribution in [1.29, 1.82) is 0 Å². The number of ether oxygens (including phenoxy) is 4. The third kappa shape index (κ3) is 4.81. The molecule has 1 aliphatic rings. The second-order valence-corrected chi connectivity index (χ2v) is 7.25. The van der Waals surface area contributed by atoms with Gasteiger partial charge in [-0.2, -0.15) is 0 Å². The average Bonchev–Trinajstić information content (AvgIpc) is 3.00. The van der Waals surface area contributed by atoms with Crippen LogP contribution >= 0.6 is 0 Å². The van der Waals surface area contributed by atoms with Gasteiger partial charge in [-0.05, 0) is 37.0 Å². The molecule has 2 N–H and O–H groups in total. The fourth-order valence-corrected chi connectivity index (χ4v) is 3.88. The lowest BCUT2D eigenvalue weighted by molar-refractivity contribution is -0.132. The van der Waals surface area contributed by atoms with E-state index in [9.17, 15) is 15.0 Å². The third-order valence-electron chi connectivity index (χ3n) is 5.27. The smallest absolute Gasteiger partial charge is 0.308 e. The molecule has 0 spiro atoms. The van der Waals surface area contributed by atoms with Crippen LogP contribution in [0.25, 0.3) is 0 Å². The lowest BCUT2D eigenvalue weighted by atomic mass is 9.92. The van der Waals surface area contributed by atoms with Gasteiger partial charge < -0.3 is 29.2 Å². The number of aromatic hydroxyl groups is 2. The summed E-state index contributed by atoms with van der Waals surface area (Å²) in [5.74, 6) is -0.729. The zero-order chi connectivity index (χ0) is 24.2. The first-order chi connectivity index (χ1) is 15.6. The Bertz CT molecular complexity index is 974. The van der Waals surface area contributed by atoms with Crippen molar-refractivity contribution in [2.45, 2.75) is 51.2 Å². The number of carbonyl (C=O) groups is 1. The maximum Gasteiger partial charge on any atom is 0.308 e. The average molecular weight is 422 g/mol. The van der Waals surface area contributed by atoms with E-state index in [4.69, 9.17) is 23.1 Å². The SMILES string of the molecule is [2H]C([2H])([2H])Oc1ccc(CCO[C@@H]2CCCC[C@H]2n2c(O)cc(OC(C)=O)c2O)cc1OC. The van der Waals surface area contributed by atoms with Gasteiger partial charge in [-0.25, -0.2) is 0 Å². The molecule has 0 bridgehead atoms. The van der Waals surface area contributed by atoms with Crippen LogP contribution < -0.4 is 14.2 Å². The first kappa shape index (κ1) is 17.9. The van der Waals surface area contributed by atoms with E-state index < -0.39 is 13.0 Å². The highest BCUT2D eigenvalue weighted by Crippen LogP contribution is 2.43. The summed E-state index contributed by atoms with van der Waals surface area (Å²) < 4.78 is 44.4. The highest BCUT2D eigenvalue weighted by Gasteiger charge is 2.32. The van der Waals surface area contributed by atoms with E-state index in [1.54, 1.807) is 18.2 Å². The molecule has 1 aromatic heterocycles. The Morgan fingerprint density at radius 3 is 2.70 bits per heavy atom. The summed E-state index contributed by atoms with van der Waals surface area (Å²) in [7, 11) is -1.13. The normalized spacial score (nSPS) is 20.7. The summed E-state index contributed by atoms with van der Waals surface area (Å²) in [6.07, 6.45) is 3.58. The summed E-state index contributed by atoms with van der Waals surface area (Å²) in [5.41, 5.74) is 0.876. The van der Waals surface area contributed by atoms with Gasteiger partial charge in [0.1, 0.15) is 0 Å². The van der Waals surface area contributed by atoms with Crippen molar-refractivity contribution in [2.24, 2.45) is 0 Å². The molecule has 8 heteroatoms. The van der Waals surface area contributed by atoms with Gasteiger partial charge >= 0.3 is 5.97 Å². The summed E-state index contributed by atoms with van der Waals surface area (Å²) in [5, 5.41) is 20.9. The van der Waals surface area contributed by atoms with Crippen LogP contribution in [0.3, 0.4) is 0 Å². The Kier molecular flexibility index (Phi) is 5.83. The minimum absolute atomic E-state index is 0.0872. The highest BCUT2D eigenvalue weighted by atomic mass is 16.5. The molecule has 1 aromatic carbocycles. The van der Waals surface area contributed by atoms with Crippen molar-refractivity contribution in [3.05, 3.63) is 29.8 Å².